The molecule has 0 atom stereocenters. The van der Waals surface area contributed by atoms with Crippen LogP contribution in [0.1, 0.15) is 5.56 Å². The molecule has 4 heteroatoms. The molecule has 2 aromatic rings. The first kappa shape index (κ1) is 16.2. The largest absolute Gasteiger partial charge is 0.383 e. The van der Waals surface area contributed by atoms with E-state index in [0.717, 1.165) is 49.7 Å². The summed E-state index contributed by atoms with van der Waals surface area (Å²) in [6, 6.07) is 12.3. The maximum Gasteiger partial charge on any atom is 0.0591 e. The first-order chi connectivity index (χ1) is 10.3. The van der Waals surface area contributed by atoms with Gasteiger partial charge in [0.25, 0.3) is 0 Å². The van der Waals surface area contributed by atoms with Crippen molar-refractivity contribution in [3.8, 4) is 0 Å². The highest BCUT2D eigenvalue weighted by molar-refractivity contribution is 6.35. The molecule has 2 rings (SSSR count). The molecule has 0 amide bonds. The van der Waals surface area contributed by atoms with Crippen LogP contribution in [0.3, 0.4) is 0 Å². The van der Waals surface area contributed by atoms with Crippen molar-refractivity contribution in [3.05, 3.63) is 47.0 Å². The Labute approximate surface area is 131 Å². The fraction of sp³-hybridized carbons (Fsp3) is 0.412. The van der Waals surface area contributed by atoms with Crippen molar-refractivity contribution in [1.29, 1.82) is 0 Å². The van der Waals surface area contributed by atoms with Crippen LogP contribution >= 0.6 is 11.6 Å². The lowest BCUT2D eigenvalue weighted by atomic mass is 10.0. The molecule has 1 N–H and O–H groups in total. The van der Waals surface area contributed by atoms with Gasteiger partial charge in [0.2, 0.25) is 0 Å². The molecule has 0 saturated carbocycles. The van der Waals surface area contributed by atoms with Gasteiger partial charge in [-0.2, -0.15) is 0 Å². The number of benzene rings is 2. The van der Waals surface area contributed by atoms with E-state index in [1.54, 1.807) is 7.11 Å². The Morgan fingerprint density at radius 3 is 2.52 bits per heavy atom. The van der Waals surface area contributed by atoms with Crippen LogP contribution in [0, 0.1) is 0 Å². The van der Waals surface area contributed by atoms with Crippen LogP contribution in [0.25, 0.3) is 10.8 Å². The van der Waals surface area contributed by atoms with E-state index in [1.807, 2.05) is 18.2 Å². The summed E-state index contributed by atoms with van der Waals surface area (Å²) in [4.78, 5) is 0. The Morgan fingerprint density at radius 1 is 0.952 bits per heavy atom. The Bertz CT molecular complexity index is 559. The highest BCUT2D eigenvalue weighted by Gasteiger charge is 2.04. The summed E-state index contributed by atoms with van der Waals surface area (Å²) in [5, 5.41) is 6.38. The fourth-order valence-electron chi connectivity index (χ4n) is 2.27. The molecule has 0 radical (unpaired) electrons. The minimum atomic E-state index is 0.717. The maximum absolute atomic E-state index is 6.22. The zero-order valence-electron chi connectivity index (χ0n) is 12.4. The average molecular weight is 308 g/mol. The highest BCUT2D eigenvalue weighted by atomic mass is 35.5. The predicted molar refractivity (Wildman–Crippen MR) is 88.2 cm³/mol. The molecular formula is C17H22ClNO2. The second-order valence-corrected chi connectivity index (χ2v) is 5.26. The van der Waals surface area contributed by atoms with Gasteiger partial charge >= 0.3 is 0 Å². The SMILES string of the molecule is COCCNCCOCCc1ccc(Cl)c2ccccc12. The van der Waals surface area contributed by atoms with E-state index >= 15 is 0 Å². The summed E-state index contributed by atoms with van der Waals surface area (Å²) in [7, 11) is 1.70. The van der Waals surface area contributed by atoms with Gasteiger partial charge in [0.15, 0.2) is 0 Å². The molecule has 21 heavy (non-hydrogen) atoms. The summed E-state index contributed by atoms with van der Waals surface area (Å²) < 4.78 is 10.6. The van der Waals surface area contributed by atoms with Crippen LogP contribution in [0.2, 0.25) is 5.02 Å². The van der Waals surface area contributed by atoms with Crippen LogP contribution in [0.15, 0.2) is 36.4 Å². The zero-order chi connectivity index (χ0) is 14.9. The van der Waals surface area contributed by atoms with Gasteiger partial charge in [0, 0.05) is 30.6 Å². The third-order valence-corrected chi connectivity index (χ3v) is 3.71. The van der Waals surface area contributed by atoms with Gasteiger partial charge in [0.05, 0.1) is 19.8 Å². The van der Waals surface area contributed by atoms with E-state index in [2.05, 4.69) is 23.5 Å². The molecule has 2 aromatic carbocycles. The second-order valence-electron chi connectivity index (χ2n) is 4.86. The topological polar surface area (TPSA) is 30.5 Å². The van der Waals surface area contributed by atoms with Crippen molar-refractivity contribution in [2.24, 2.45) is 0 Å². The Balaban J connectivity index is 1.78. The summed E-state index contributed by atoms with van der Waals surface area (Å²) in [6.07, 6.45) is 0.899. The number of hydrogen-bond acceptors (Lipinski definition) is 3. The number of halogens is 1. The third kappa shape index (κ3) is 4.97. The summed E-state index contributed by atoms with van der Waals surface area (Å²) in [5.74, 6) is 0. The summed E-state index contributed by atoms with van der Waals surface area (Å²) in [6.45, 7) is 3.88. The average Bonchev–Trinajstić information content (AvgIpc) is 2.52. The number of methoxy groups -OCH3 is 1. The van der Waals surface area contributed by atoms with Gasteiger partial charge in [-0.25, -0.2) is 0 Å². The minimum Gasteiger partial charge on any atom is -0.383 e. The maximum atomic E-state index is 6.22. The summed E-state index contributed by atoms with van der Waals surface area (Å²) in [5.41, 5.74) is 1.28. The van der Waals surface area contributed by atoms with Gasteiger partial charge in [-0.3, -0.25) is 0 Å². The van der Waals surface area contributed by atoms with Crippen LogP contribution < -0.4 is 5.32 Å². The lowest BCUT2D eigenvalue weighted by Crippen LogP contribution is -2.23. The molecule has 0 aliphatic rings. The highest BCUT2D eigenvalue weighted by Crippen LogP contribution is 2.26. The fourth-order valence-corrected chi connectivity index (χ4v) is 2.50. The molecular weight excluding hydrogens is 286 g/mol. The van der Waals surface area contributed by atoms with E-state index in [0.29, 0.717) is 0 Å². The molecule has 0 aliphatic heterocycles. The molecule has 0 fully saturated rings. The molecule has 0 aromatic heterocycles. The van der Waals surface area contributed by atoms with Crippen molar-refractivity contribution in [2.45, 2.75) is 6.42 Å². The first-order valence-electron chi connectivity index (χ1n) is 7.26. The Morgan fingerprint density at radius 2 is 1.71 bits per heavy atom. The molecule has 0 heterocycles. The van der Waals surface area contributed by atoms with E-state index in [9.17, 15) is 0 Å². The number of fused-ring (bicyclic) bond motifs is 1. The van der Waals surface area contributed by atoms with Crippen molar-refractivity contribution in [1.82, 2.24) is 5.32 Å². The van der Waals surface area contributed by atoms with Crippen molar-refractivity contribution in [3.63, 3.8) is 0 Å². The lowest BCUT2D eigenvalue weighted by molar-refractivity contribution is 0.135. The molecule has 0 bridgehead atoms. The van der Waals surface area contributed by atoms with Crippen LogP contribution in [0.4, 0.5) is 0 Å². The number of rotatable bonds is 9. The first-order valence-corrected chi connectivity index (χ1v) is 7.64. The van der Waals surface area contributed by atoms with E-state index in [1.165, 1.54) is 10.9 Å². The molecule has 3 nitrogen and oxygen atoms in total. The number of nitrogens with one attached hydrogen (secondary N) is 1. The Kier molecular flexibility index (Phi) is 6.96. The van der Waals surface area contributed by atoms with Crippen molar-refractivity contribution >= 4 is 22.4 Å². The molecule has 0 aliphatic carbocycles. The smallest absolute Gasteiger partial charge is 0.0591 e. The van der Waals surface area contributed by atoms with Gasteiger partial charge in [-0.1, -0.05) is 41.9 Å². The van der Waals surface area contributed by atoms with Gasteiger partial charge in [0.1, 0.15) is 0 Å². The number of hydrogen-bond donors (Lipinski definition) is 1. The van der Waals surface area contributed by atoms with Crippen molar-refractivity contribution < 1.29 is 9.47 Å². The lowest BCUT2D eigenvalue weighted by Gasteiger charge is -2.09. The molecule has 114 valence electrons. The second kappa shape index (κ2) is 9.00. The van der Waals surface area contributed by atoms with Crippen molar-refractivity contribution in [2.75, 3.05) is 40.0 Å². The molecule has 0 spiro atoms. The van der Waals surface area contributed by atoms with Crippen LogP contribution in [0.5, 0.6) is 0 Å². The van der Waals surface area contributed by atoms with E-state index < -0.39 is 0 Å². The van der Waals surface area contributed by atoms with Gasteiger partial charge in [-0.05, 0) is 23.4 Å². The van der Waals surface area contributed by atoms with Crippen LogP contribution in [-0.2, 0) is 15.9 Å². The van der Waals surface area contributed by atoms with Gasteiger partial charge < -0.3 is 14.8 Å². The standard InChI is InChI=1S/C17H22ClNO2/c1-20-12-9-19-10-13-21-11-8-14-6-7-17(18)16-5-3-2-4-15(14)16/h2-7,19H,8-13H2,1H3. The number of ether oxygens (including phenoxy) is 2. The van der Waals surface area contributed by atoms with E-state index in [-0.39, 0.29) is 0 Å². The summed E-state index contributed by atoms with van der Waals surface area (Å²) >= 11 is 6.22. The predicted octanol–water partition coefficient (Wildman–Crippen LogP) is 3.29. The Hall–Kier alpha value is -1.13. The molecule has 0 saturated heterocycles. The monoisotopic (exact) mass is 307 g/mol. The molecule has 0 unspecified atom stereocenters. The minimum absolute atomic E-state index is 0.717. The van der Waals surface area contributed by atoms with Crippen LogP contribution in [-0.4, -0.2) is 40.0 Å². The van der Waals surface area contributed by atoms with Gasteiger partial charge in [-0.15, -0.1) is 0 Å². The zero-order valence-corrected chi connectivity index (χ0v) is 13.2. The van der Waals surface area contributed by atoms with E-state index in [4.69, 9.17) is 21.1 Å². The normalized spacial score (nSPS) is 11.1. The quantitative estimate of drug-likeness (QED) is 0.721. The third-order valence-electron chi connectivity index (χ3n) is 3.38.